The van der Waals surface area contributed by atoms with Crippen LogP contribution in [0.3, 0.4) is 0 Å². The van der Waals surface area contributed by atoms with Crippen LogP contribution >= 0.6 is 67.8 Å². The van der Waals surface area contributed by atoms with Crippen LogP contribution in [0.1, 0.15) is 0 Å². The van der Waals surface area contributed by atoms with E-state index in [0.29, 0.717) is 0 Å². The van der Waals surface area contributed by atoms with Crippen molar-refractivity contribution in [2.75, 3.05) is 0 Å². The first-order valence-electron chi connectivity index (χ1n) is 4.39. The summed E-state index contributed by atoms with van der Waals surface area (Å²) in [6, 6.07) is 14.9. The molecule has 0 aliphatic rings. The molecule has 0 saturated heterocycles. The molecule has 0 aliphatic heterocycles. The number of benzene rings is 2. The second-order valence-corrected chi connectivity index (χ2v) is 6.48. The molecule has 15 heavy (non-hydrogen) atoms. The van der Waals surface area contributed by atoms with Crippen LogP contribution in [0.15, 0.2) is 42.5 Å². The first kappa shape index (κ1) is 12.1. The predicted octanol–water partition coefficient (Wildman–Crippen LogP) is 5.17. The quantitative estimate of drug-likeness (QED) is 0.446. The minimum absolute atomic E-state index is 1.30. The van der Waals surface area contributed by atoms with Crippen molar-refractivity contribution in [3.8, 4) is 11.1 Å². The molecule has 3 heteroatoms. The fourth-order valence-corrected chi connectivity index (χ4v) is 3.22. The third kappa shape index (κ3) is 2.66. The highest BCUT2D eigenvalue weighted by molar-refractivity contribution is 14.1. The zero-order valence-corrected chi connectivity index (χ0v) is 14.1. The van der Waals surface area contributed by atoms with Crippen LogP contribution in [-0.4, -0.2) is 0 Å². The molecule has 0 nitrogen and oxygen atoms in total. The maximum Gasteiger partial charge on any atom is 0.0342 e. The van der Waals surface area contributed by atoms with E-state index in [2.05, 4.69) is 110 Å². The number of hydrogen-bond donors (Lipinski definition) is 0. The molecule has 76 valence electrons. The Kier molecular flexibility index (Phi) is 4.28. The van der Waals surface area contributed by atoms with Gasteiger partial charge in [-0.15, -0.1) is 0 Å². The van der Waals surface area contributed by atoms with Crippen molar-refractivity contribution < 1.29 is 0 Å². The van der Waals surface area contributed by atoms with Crippen molar-refractivity contribution in [3.05, 3.63) is 53.2 Å². The summed E-state index contributed by atoms with van der Waals surface area (Å²) >= 11 is 7.18. The molecular formula is C12H7I3. The summed E-state index contributed by atoms with van der Waals surface area (Å²) in [5.41, 5.74) is 2.65. The Morgan fingerprint density at radius 2 is 1.20 bits per heavy atom. The predicted molar refractivity (Wildman–Crippen MR) is 90.0 cm³/mol. The van der Waals surface area contributed by atoms with Crippen LogP contribution in [0.5, 0.6) is 0 Å². The Morgan fingerprint density at radius 3 is 1.93 bits per heavy atom. The van der Waals surface area contributed by atoms with Gasteiger partial charge in [-0.2, -0.15) is 0 Å². The Morgan fingerprint density at radius 1 is 0.600 bits per heavy atom. The Balaban J connectivity index is 2.65. The first-order valence-corrected chi connectivity index (χ1v) is 7.62. The van der Waals surface area contributed by atoms with Crippen molar-refractivity contribution in [2.24, 2.45) is 0 Å². The molecule has 0 aromatic heterocycles. The van der Waals surface area contributed by atoms with Crippen LogP contribution in [0.2, 0.25) is 0 Å². The summed E-state index contributed by atoms with van der Waals surface area (Å²) in [5.74, 6) is 0. The van der Waals surface area contributed by atoms with Gasteiger partial charge in [0, 0.05) is 10.7 Å². The average Bonchev–Trinajstić information content (AvgIpc) is 2.23. The van der Waals surface area contributed by atoms with Crippen molar-refractivity contribution in [3.63, 3.8) is 0 Å². The van der Waals surface area contributed by atoms with Crippen molar-refractivity contribution in [1.82, 2.24) is 0 Å². The van der Waals surface area contributed by atoms with E-state index in [0.717, 1.165) is 0 Å². The van der Waals surface area contributed by atoms with E-state index < -0.39 is 0 Å². The zero-order valence-electron chi connectivity index (χ0n) is 7.68. The maximum atomic E-state index is 2.41. The molecular weight excluding hydrogens is 525 g/mol. The van der Waals surface area contributed by atoms with Gasteiger partial charge in [0.25, 0.3) is 0 Å². The van der Waals surface area contributed by atoms with Gasteiger partial charge in [-0.25, -0.2) is 0 Å². The molecule has 0 spiro atoms. The number of halogens is 3. The molecule has 2 aromatic rings. The Bertz CT molecular complexity index is 492. The maximum absolute atomic E-state index is 2.41. The molecule has 0 radical (unpaired) electrons. The summed E-state index contributed by atoms with van der Waals surface area (Å²) in [7, 11) is 0. The lowest BCUT2D eigenvalue weighted by Gasteiger charge is -2.08. The molecule has 0 aliphatic carbocycles. The lowest BCUT2D eigenvalue weighted by atomic mass is 10.1. The third-order valence-corrected chi connectivity index (χ3v) is 6.15. The van der Waals surface area contributed by atoms with Gasteiger partial charge in [0.05, 0.1) is 0 Å². The van der Waals surface area contributed by atoms with Gasteiger partial charge in [-0.3, -0.25) is 0 Å². The molecule has 0 saturated carbocycles. The smallest absolute Gasteiger partial charge is 0.0342 e. The first-order chi connectivity index (χ1) is 7.20. The van der Waals surface area contributed by atoms with Crippen LogP contribution in [0.25, 0.3) is 11.1 Å². The molecule has 0 heterocycles. The van der Waals surface area contributed by atoms with Gasteiger partial charge >= 0.3 is 0 Å². The summed E-state index contributed by atoms with van der Waals surface area (Å²) < 4.78 is 3.94. The van der Waals surface area contributed by atoms with E-state index in [4.69, 9.17) is 0 Å². The highest BCUT2D eigenvalue weighted by Gasteiger charge is 2.07. The van der Waals surface area contributed by atoms with Crippen LogP contribution in [0, 0.1) is 10.7 Å². The van der Waals surface area contributed by atoms with Crippen LogP contribution < -0.4 is 0 Å². The van der Waals surface area contributed by atoms with E-state index in [9.17, 15) is 0 Å². The second kappa shape index (κ2) is 5.31. The van der Waals surface area contributed by atoms with E-state index in [1.54, 1.807) is 0 Å². The number of hydrogen-bond acceptors (Lipinski definition) is 0. The van der Waals surface area contributed by atoms with Gasteiger partial charge in [-0.1, -0.05) is 30.3 Å². The highest BCUT2D eigenvalue weighted by atomic mass is 127. The van der Waals surface area contributed by atoms with Crippen LogP contribution in [-0.2, 0) is 0 Å². The zero-order chi connectivity index (χ0) is 10.8. The Labute approximate surface area is 130 Å². The van der Waals surface area contributed by atoms with Crippen molar-refractivity contribution >= 4 is 67.8 Å². The summed E-state index contributed by atoms with van der Waals surface area (Å²) in [6.07, 6.45) is 0. The third-order valence-electron chi connectivity index (χ3n) is 2.12. The highest BCUT2D eigenvalue weighted by Crippen LogP contribution is 2.31. The van der Waals surface area contributed by atoms with Crippen LogP contribution in [0.4, 0.5) is 0 Å². The SMILES string of the molecule is Ic1ccccc1-c1cccc(I)c1I. The molecule has 0 bridgehead atoms. The lowest BCUT2D eigenvalue weighted by Crippen LogP contribution is -1.88. The average molecular weight is 532 g/mol. The van der Waals surface area contributed by atoms with Gasteiger partial charge < -0.3 is 0 Å². The molecule has 0 amide bonds. The Hall–Kier alpha value is 0.630. The molecule has 0 unspecified atom stereocenters. The molecule has 0 N–H and O–H groups in total. The molecule has 2 aromatic carbocycles. The standard InChI is InChI=1S/C12H7I3/c13-10-6-2-1-4-8(10)9-5-3-7-11(14)12(9)15/h1-7H. The molecule has 0 atom stereocenters. The minimum atomic E-state index is 1.30. The molecule has 0 fully saturated rings. The van der Waals surface area contributed by atoms with E-state index >= 15 is 0 Å². The van der Waals surface area contributed by atoms with Gasteiger partial charge in [0.1, 0.15) is 0 Å². The monoisotopic (exact) mass is 532 g/mol. The van der Waals surface area contributed by atoms with Gasteiger partial charge in [-0.05, 0) is 91.0 Å². The number of rotatable bonds is 1. The second-order valence-electron chi connectivity index (χ2n) is 3.08. The summed E-state index contributed by atoms with van der Waals surface area (Å²) in [5, 5.41) is 0. The fraction of sp³-hybridized carbons (Fsp3) is 0. The largest absolute Gasteiger partial charge is 0.0616 e. The van der Waals surface area contributed by atoms with Gasteiger partial charge in [0.15, 0.2) is 0 Å². The van der Waals surface area contributed by atoms with E-state index in [1.165, 1.54) is 21.8 Å². The van der Waals surface area contributed by atoms with Gasteiger partial charge in [0.2, 0.25) is 0 Å². The summed E-state index contributed by atoms with van der Waals surface area (Å²) in [6.45, 7) is 0. The summed E-state index contributed by atoms with van der Waals surface area (Å²) in [4.78, 5) is 0. The van der Waals surface area contributed by atoms with Crippen molar-refractivity contribution in [1.29, 1.82) is 0 Å². The lowest BCUT2D eigenvalue weighted by molar-refractivity contribution is 1.52. The normalized spacial score (nSPS) is 10.3. The van der Waals surface area contributed by atoms with Crippen molar-refractivity contribution in [2.45, 2.75) is 0 Å². The topological polar surface area (TPSA) is 0 Å². The van der Waals surface area contributed by atoms with E-state index in [-0.39, 0.29) is 0 Å². The molecule has 2 rings (SSSR count). The minimum Gasteiger partial charge on any atom is -0.0616 e. The fourth-order valence-electron chi connectivity index (χ4n) is 1.39. The van der Waals surface area contributed by atoms with E-state index in [1.807, 2.05) is 0 Å².